The normalized spacial score (nSPS) is 17.4. The van der Waals surface area contributed by atoms with Gasteiger partial charge in [0.05, 0.1) is 24.1 Å². The summed E-state index contributed by atoms with van der Waals surface area (Å²) in [6, 6.07) is 12.2. The fourth-order valence-corrected chi connectivity index (χ4v) is 4.58. The van der Waals surface area contributed by atoms with Gasteiger partial charge in [-0.25, -0.2) is 9.59 Å². The number of hydrogen-bond donors (Lipinski definition) is 4. The molecular formula is C27H30N4O6. The molecule has 1 aromatic heterocycles. The number of aromatic carboxylic acids is 1. The largest absolute Gasteiger partial charge is 0.478 e. The number of para-hydroxylation sites is 1. The number of carbonyl (C=O) groups is 4. The fourth-order valence-electron chi connectivity index (χ4n) is 4.58. The smallest absolute Gasteiger partial charge is 0.335 e. The van der Waals surface area contributed by atoms with Gasteiger partial charge in [-0.05, 0) is 51.5 Å². The van der Waals surface area contributed by atoms with Crippen LogP contribution in [0.4, 0.5) is 10.5 Å². The van der Waals surface area contributed by atoms with Crippen molar-refractivity contribution in [2.24, 2.45) is 5.92 Å². The lowest BCUT2D eigenvalue weighted by Gasteiger charge is -2.29. The number of carboxylic acids is 1. The molecule has 3 amide bonds. The van der Waals surface area contributed by atoms with Gasteiger partial charge in [0.15, 0.2) is 0 Å². The maximum absolute atomic E-state index is 13.3. The van der Waals surface area contributed by atoms with Gasteiger partial charge in [-0.2, -0.15) is 0 Å². The number of esters is 1. The molecule has 4 N–H and O–H groups in total. The van der Waals surface area contributed by atoms with E-state index in [0.717, 1.165) is 16.5 Å². The van der Waals surface area contributed by atoms with Crippen molar-refractivity contribution in [3.05, 3.63) is 65.9 Å². The summed E-state index contributed by atoms with van der Waals surface area (Å²) in [5, 5.41) is 15.1. The average molecular weight is 507 g/mol. The molecule has 1 aliphatic heterocycles. The van der Waals surface area contributed by atoms with Gasteiger partial charge in [0, 0.05) is 34.9 Å². The van der Waals surface area contributed by atoms with Gasteiger partial charge in [0.1, 0.15) is 5.60 Å². The number of urea groups is 1. The Bertz CT molecular complexity index is 1340. The van der Waals surface area contributed by atoms with Crippen molar-refractivity contribution in [2.45, 2.75) is 38.8 Å². The van der Waals surface area contributed by atoms with Crippen LogP contribution in [0, 0.1) is 5.92 Å². The molecule has 194 valence electrons. The number of rotatable bonds is 6. The van der Waals surface area contributed by atoms with Crippen LogP contribution in [-0.4, -0.2) is 57.6 Å². The van der Waals surface area contributed by atoms with Crippen LogP contribution in [-0.2, 0) is 14.3 Å². The number of ether oxygens (including phenoxy) is 1. The Hall–Kier alpha value is -4.34. The lowest BCUT2D eigenvalue weighted by molar-refractivity contribution is -0.161. The molecule has 10 heteroatoms. The van der Waals surface area contributed by atoms with Crippen molar-refractivity contribution in [2.75, 3.05) is 18.4 Å². The summed E-state index contributed by atoms with van der Waals surface area (Å²) in [5.74, 6) is -2.40. The lowest BCUT2D eigenvalue weighted by atomic mass is 9.93. The van der Waals surface area contributed by atoms with Crippen molar-refractivity contribution in [1.82, 2.24) is 15.2 Å². The first-order valence-corrected chi connectivity index (χ1v) is 12.0. The first kappa shape index (κ1) is 25.7. The number of nitrogens with one attached hydrogen (secondary N) is 3. The number of hydrogen-bond acceptors (Lipinski definition) is 5. The number of anilines is 1. The van der Waals surface area contributed by atoms with E-state index in [1.165, 1.54) is 18.2 Å². The average Bonchev–Trinajstić information content (AvgIpc) is 3.46. The summed E-state index contributed by atoms with van der Waals surface area (Å²) in [4.78, 5) is 54.8. The highest BCUT2D eigenvalue weighted by molar-refractivity contribution is 5.95. The van der Waals surface area contributed by atoms with Gasteiger partial charge in [0.2, 0.25) is 5.91 Å². The molecule has 0 saturated carbocycles. The molecule has 0 bridgehead atoms. The third-order valence-electron chi connectivity index (χ3n) is 6.14. The Morgan fingerprint density at radius 1 is 1.11 bits per heavy atom. The summed E-state index contributed by atoms with van der Waals surface area (Å²) in [5.41, 5.74) is 1.35. The number of amides is 3. The van der Waals surface area contributed by atoms with Crippen molar-refractivity contribution < 1.29 is 29.0 Å². The minimum atomic E-state index is -1.11. The van der Waals surface area contributed by atoms with Gasteiger partial charge in [-0.15, -0.1) is 0 Å². The zero-order valence-corrected chi connectivity index (χ0v) is 20.9. The van der Waals surface area contributed by atoms with E-state index in [0.29, 0.717) is 13.0 Å². The van der Waals surface area contributed by atoms with Crippen LogP contribution in [0.15, 0.2) is 54.7 Å². The molecule has 3 aromatic rings. The predicted molar refractivity (Wildman–Crippen MR) is 137 cm³/mol. The van der Waals surface area contributed by atoms with Crippen molar-refractivity contribution in [3.63, 3.8) is 0 Å². The standard InChI is InChI=1S/C27H30N4O6/c1-27(2,3)37-25(35)19-11-12-31(23(19)20-14-28-21-10-5-4-9-18(20)21)22(32)15-29-26(36)30-17-8-6-7-16(13-17)24(33)34/h4-10,13-14,19,23,28H,11-12,15H2,1-3H3,(H,33,34)(H2,29,30,36)/t19?,23-/m0/s1. The molecule has 37 heavy (non-hydrogen) atoms. The Labute approximate surface area is 214 Å². The topological polar surface area (TPSA) is 141 Å². The van der Waals surface area contributed by atoms with Gasteiger partial charge < -0.3 is 30.4 Å². The number of H-pyrrole nitrogens is 1. The SMILES string of the molecule is CC(C)(C)OC(=O)C1CCN(C(=O)CNC(=O)Nc2cccc(C(=O)O)c2)[C@@H]1c1c[nH]c2ccccc12. The number of carboxylic acid groups (broad SMARTS) is 1. The highest BCUT2D eigenvalue weighted by Crippen LogP contribution is 2.41. The molecule has 2 heterocycles. The highest BCUT2D eigenvalue weighted by atomic mass is 16.6. The van der Waals surface area contributed by atoms with Crippen molar-refractivity contribution in [3.8, 4) is 0 Å². The Morgan fingerprint density at radius 2 is 1.86 bits per heavy atom. The third-order valence-corrected chi connectivity index (χ3v) is 6.14. The van der Waals surface area contributed by atoms with Crippen LogP contribution in [0.1, 0.15) is 49.2 Å². The predicted octanol–water partition coefficient (Wildman–Crippen LogP) is 3.92. The Morgan fingerprint density at radius 3 is 2.59 bits per heavy atom. The second kappa shape index (κ2) is 10.3. The van der Waals surface area contributed by atoms with Gasteiger partial charge >= 0.3 is 18.0 Å². The molecular weight excluding hydrogens is 476 g/mol. The van der Waals surface area contributed by atoms with E-state index < -0.39 is 29.6 Å². The number of nitrogens with zero attached hydrogens (tertiary/aromatic N) is 1. The van der Waals surface area contributed by atoms with E-state index in [1.807, 2.05) is 30.5 Å². The minimum absolute atomic E-state index is 0.0284. The van der Waals surface area contributed by atoms with Gasteiger partial charge in [-0.1, -0.05) is 24.3 Å². The Balaban J connectivity index is 1.50. The van der Waals surface area contributed by atoms with Crippen LogP contribution in [0.3, 0.4) is 0 Å². The van der Waals surface area contributed by atoms with Crippen molar-refractivity contribution in [1.29, 1.82) is 0 Å². The summed E-state index contributed by atoms with van der Waals surface area (Å²) < 4.78 is 5.67. The summed E-state index contributed by atoms with van der Waals surface area (Å²) in [6.45, 7) is 5.44. The van der Waals surface area contributed by atoms with E-state index in [9.17, 15) is 19.2 Å². The van der Waals surface area contributed by atoms with Crippen LogP contribution in [0.25, 0.3) is 10.9 Å². The highest BCUT2D eigenvalue weighted by Gasteiger charge is 2.44. The Kier molecular flexibility index (Phi) is 7.19. The van der Waals surface area contributed by atoms with Crippen LogP contribution < -0.4 is 10.6 Å². The number of benzene rings is 2. The molecule has 4 rings (SSSR count). The summed E-state index contributed by atoms with van der Waals surface area (Å²) in [7, 11) is 0. The second-order valence-electron chi connectivity index (χ2n) is 9.94. The number of carbonyl (C=O) groups excluding carboxylic acids is 3. The molecule has 10 nitrogen and oxygen atoms in total. The first-order chi connectivity index (χ1) is 17.5. The quantitative estimate of drug-likeness (QED) is 0.374. The second-order valence-corrected chi connectivity index (χ2v) is 9.94. The monoisotopic (exact) mass is 506 g/mol. The maximum Gasteiger partial charge on any atom is 0.335 e. The van der Waals surface area contributed by atoms with E-state index in [-0.39, 0.29) is 29.7 Å². The fraction of sp³-hybridized carbons (Fsp3) is 0.333. The summed E-state index contributed by atoms with van der Waals surface area (Å²) >= 11 is 0. The van der Waals surface area contributed by atoms with E-state index in [4.69, 9.17) is 9.84 Å². The lowest BCUT2D eigenvalue weighted by Crippen LogP contribution is -2.42. The van der Waals surface area contributed by atoms with Gasteiger partial charge in [0.25, 0.3) is 0 Å². The summed E-state index contributed by atoms with van der Waals surface area (Å²) in [6.07, 6.45) is 2.24. The minimum Gasteiger partial charge on any atom is -0.478 e. The molecule has 2 aromatic carbocycles. The molecule has 0 spiro atoms. The number of likely N-dealkylation sites (tertiary alicyclic amines) is 1. The molecule has 2 atom stereocenters. The van der Waals surface area contributed by atoms with E-state index in [1.54, 1.807) is 31.7 Å². The van der Waals surface area contributed by atoms with Crippen LogP contribution in [0.5, 0.6) is 0 Å². The third kappa shape index (κ3) is 5.91. The van der Waals surface area contributed by atoms with Crippen molar-refractivity contribution >= 4 is 40.5 Å². The number of fused-ring (bicyclic) bond motifs is 1. The maximum atomic E-state index is 13.3. The van der Waals surface area contributed by atoms with E-state index in [2.05, 4.69) is 15.6 Å². The molecule has 1 fully saturated rings. The molecule has 1 unspecified atom stereocenters. The number of aromatic amines is 1. The zero-order chi connectivity index (χ0) is 26.7. The molecule has 1 aliphatic rings. The first-order valence-electron chi connectivity index (χ1n) is 12.0. The van der Waals surface area contributed by atoms with Crippen LogP contribution >= 0.6 is 0 Å². The molecule has 1 saturated heterocycles. The molecule has 0 aliphatic carbocycles. The van der Waals surface area contributed by atoms with Crippen LogP contribution in [0.2, 0.25) is 0 Å². The zero-order valence-electron chi connectivity index (χ0n) is 20.9. The van der Waals surface area contributed by atoms with Gasteiger partial charge in [-0.3, -0.25) is 9.59 Å². The number of aromatic nitrogens is 1. The van der Waals surface area contributed by atoms with E-state index >= 15 is 0 Å². The molecule has 0 radical (unpaired) electrons.